The highest BCUT2D eigenvalue weighted by Gasteiger charge is 2.19. The van der Waals surface area contributed by atoms with Gasteiger partial charge in [0.2, 0.25) is 5.95 Å². The molecule has 33 heavy (non-hydrogen) atoms. The van der Waals surface area contributed by atoms with Gasteiger partial charge in [0.05, 0.1) is 17.7 Å². The minimum Gasteiger partial charge on any atom is -0.298 e. The van der Waals surface area contributed by atoms with Crippen LogP contribution in [0.15, 0.2) is 63.2 Å². The third kappa shape index (κ3) is 4.13. The Hall–Kier alpha value is -4.61. The molecule has 0 unspecified atom stereocenters. The maximum atomic E-state index is 13.3. The number of hydrogen-bond acceptors (Lipinski definition) is 7. The van der Waals surface area contributed by atoms with Gasteiger partial charge in [-0.15, -0.1) is 0 Å². The number of nitro benzene ring substituents is 1. The van der Waals surface area contributed by atoms with Crippen molar-refractivity contribution in [2.45, 2.75) is 6.54 Å². The quantitative estimate of drug-likeness (QED) is 0.271. The van der Waals surface area contributed by atoms with Crippen LogP contribution in [0, 0.1) is 15.9 Å². The Morgan fingerprint density at radius 3 is 2.58 bits per heavy atom. The molecule has 0 radical (unpaired) electrons. The van der Waals surface area contributed by atoms with Crippen LogP contribution in [0.5, 0.6) is 0 Å². The van der Waals surface area contributed by atoms with Crippen molar-refractivity contribution in [2.24, 2.45) is 19.2 Å². The minimum absolute atomic E-state index is 0.0824. The molecule has 4 aromatic rings. The monoisotopic (exact) mass is 451 g/mol. The molecule has 12 heteroatoms. The number of hydrogen-bond donors (Lipinski definition) is 1. The van der Waals surface area contributed by atoms with E-state index >= 15 is 0 Å². The highest BCUT2D eigenvalue weighted by atomic mass is 19.1. The van der Waals surface area contributed by atoms with Gasteiger partial charge in [0.15, 0.2) is 11.2 Å². The number of nitrogens with one attached hydrogen (secondary N) is 1. The van der Waals surface area contributed by atoms with Gasteiger partial charge in [0, 0.05) is 31.8 Å². The Bertz CT molecular complexity index is 1520. The number of aromatic nitrogens is 4. The number of rotatable bonds is 6. The number of nitrogens with zero attached hydrogens (tertiary/aromatic N) is 6. The molecule has 0 fully saturated rings. The molecule has 1 N–H and O–H groups in total. The van der Waals surface area contributed by atoms with Crippen molar-refractivity contribution in [3.05, 3.63) is 96.4 Å². The number of halogens is 1. The highest BCUT2D eigenvalue weighted by Crippen LogP contribution is 2.18. The summed E-state index contributed by atoms with van der Waals surface area (Å²) in [5.74, 6) is -0.234. The lowest BCUT2D eigenvalue weighted by Gasteiger charge is -2.09. The SMILES string of the molecule is Cn1c(=O)c2c(nc(NN=Cc3cccc([N+](=O)[O-])c3)n2Cc2ccc(F)cc2)n(C)c1=O. The third-order valence-corrected chi connectivity index (χ3v) is 5.06. The van der Waals surface area contributed by atoms with Crippen LogP contribution in [0.2, 0.25) is 0 Å². The van der Waals surface area contributed by atoms with E-state index in [1.807, 2.05) is 0 Å². The Kier molecular flexibility index (Phi) is 5.56. The van der Waals surface area contributed by atoms with E-state index < -0.39 is 22.0 Å². The van der Waals surface area contributed by atoms with Crippen LogP contribution in [0.25, 0.3) is 11.2 Å². The fraction of sp³-hybridized carbons (Fsp3) is 0.143. The number of benzene rings is 2. The average Bonchev–Trinajstić information content (AvgIpc) is 3.16. The summed E-state index contributed by atoms with van der Waals surface area (Å²) >= 11 is 0. The van der Waals surface area contributed by atoms with Gasteiger partial charge in [-0.25, -0.2) is 14.6 Å². The minimum atomic E-state index is -0.543. The standard InChI is InChI=1S/C21H18FN7O4/c1-26-18-17(19(30)27(2)21(26)31)28(12-13-6-8-15(22)9-7-13)20(24-18)25-23-11-14-4-3-5-16(10-14)29(32)33/h3-11H,12H2,1-2H3,(H,24,25). The van der Waals surface area contributed by atoms with Gasteiger partial charge in [-0.3, -0.25) is 28.6 Å². The summed E-state index contributed by atoms with van der Waals surface area (Å²) in [6.07, 6.45) is 1.37. The maximum absolute atomic E-state index is 13.3. The molecular formula is C21H18FN7O4. The molecule has 11 nitrogen and oxygen atoms in total. The van der Waals surface area contributed by atoms with Crippen molar-refractivity contribution in [3.63, 3.8) is 0 Å². The largest absolute Gasteiger partial charge is 0.332 e. The van der Waals surface area contributed by atoms with Gasteiger partial charge < -0.3 is 0 Å². The fourth-order valence-corrected chi connectivity index (χ4v) is 3.34. The summed E-state index contributed by atoms with van der Waals surface area (Å²) in [5.41, 5.74) is 3.06. The van der Waals surface area contributed by atoms with Gasteiger partial charge in [0.25, 0.3) is 11.2 Å². The lowest BCUT2D eigenvalue weighted by Crippen LogP contribution is -2.37. The second kappa shape index (κ2) is 8.49. The topological polar surface area (TPSA) is 129 Å². The van der Waals surface area contributed by atoms with E-state index in [9.17, 15) is 24.1 Å². The first kappa shape index (κ1) is 21.6. The van der Waals surface area contributed by atoms with Crippen LogP contribution >= 0.6 is 0 Å². The molecule has 0 bridgehead atoms. The smallest absolute Gasteiger partial charge is 0.298 e. The van der Waals surface area contributed by atoms with E-state index in [0.29, 0.717) is 11.1 Å². The van der Waals surface area contributed by atoms with Gasteiger partial charge in [-0.05, 0) is 17.7 Å². The molecule has 0 spiro atoms. The van der Waals surface area contributed by atoms with E-state index in [4.69, 9.17) is 0 Å². The van der Waals surface area contributed by atoms with Gasteiger partial charge in [0.1, 0.15) is 5.82 Å². The first-order valence-corrected chi connectivity index (χ1v) is 9.70. The van der Waals surface area contributed by atoms with Crippen molar-refractivity contribution in [1.29, 1.82) is 0 Å². The molecule has 2 aromatic carbocycles. The number of nitro groups is 1. The Morgan fingerprint density at radius 1 is 1.15 bits per heavy atom. The van der Waals surface area contributed by atoms with E-state index in [2.05, 4.69) is 15.5 Å². The summed E-state index contributed by atoms with van der Waals surface area (Å²) in [6.45, 7) is 0.152. The lowest BCUT2D eigenvalue weighted by molar-refractivity contribution is -0.384. The zero-order chi connectivity index (χ0) is 23.7. The van der Waals surface area contributed by atoms with Crippen molar-refractivity contribution in [2.75, 3.05) is 5.43 Å². The third-order valence-electron chi connectivity index (χ3n) is 5.06. The maximum Gasteiger partial charge on any atom is 0.332 e. The second-order valence-corrected chi connectivity index (χ2v) is 7.25. The van der Waals surface area contributed by atoms with Crippen LogP contribution in [0.3, 0.4) is 0 Å². The number of anilines is 1. The van der Waals surface area contributed by atoms with Gasteiger partial charge in [-0.2, -0.15) is 10.1 Å². The van der Waals surface area contributed by atoms with E-state index in [1.54, 1.807) is 18.2 Å². The van der Waals surface area contributed by atoms with E-state index in [1.165, 1.54) is 59.8 Å². The Morgan fingerprint density at radius 2 is 1.88 bits per heavy atom. The molecule has 2 heterocycles. The molecule has 0 saturated heterocycles. The number of fused-ring (bicyclic) bond motifs is 1. The van der Waals surface area contributed by atoms with Crippen molar-refractivity contribution in [1.82, 2.24) is 18.7 Å². The summed E-state index contributed by atoms with van der Waals surface area (Å²) in [4.78, 5) is 40.0. The van der Waals surface area contributed by atoms with Crippen LogP contribution in [0.1, 0.15) is 11.1 Å². The average molecular weight is 451 g/mol. The summed E-state index contributed by atoms with van der Waals surface area (Å²) in [7, 11) is 2.86. The summed E-state index contributed by atoms with van der Waals surface area (Å²) < 4.78 is 17.1. The normalized spacial score (nSPS) is 11.4. The molecule has 0 amide bonds. The molecule has 0 aliphatic rings. The number of non-ortho nitro benzene ring substituents is 1. The van der Waals surface area contributed by atoms with E-state index in [-0.39, 0.29) is 29.3 Å². The zero-order valence-corrected chi connectivity index (χ0v) is 17.6. The summed E-state index contributed by atoms with van der Waals surface area (Å²) in [6, 6.07) is 11.6. The molecule has 4 rings (SSSR count). The first-order chi connectivity index (χ1) is 15.8. The molecular weight excluding hydrogens is 433 g/mol. The lowest BCUT2D eigenvalue weighted by atomic mass is 10.2. The summed E-state index contributed by atoms with van der Waals surface area (Å²) in [5, 5.41) is 15.0. The molecule has 168 valence electrons. The van der Waals surface area contributed by atoms with E-state index in [0.717, 1.165) is 4.57 Å². The van der Waals surface area contributed by atoms with Crippen LogP contribution in [-0.2, 0) is 20.6 Å². The highest BCUT2D eigenvalue weighted by molar-refractivity contribution is 5.81. The molecule has 0 aliphatic carbocycles. The number of hydrazone groups is 1. The van der Waals surface area contributed by atoms with Gasteiger partial charge in [-0.1, -0.05) is 24.3 Å². The van der Waals surface area contributed by atoms with Crippen molar-refractivity contribution >= 4 is 29.0 Å². The molecule has 0 saturated carbocycles. The zero-order valence-electron chi connectivity index (χ0n) is 17.6. The van der Waals surface area contributed by atoms with Crippen molar-refractivity contribution < 1.29 is 9.31 Å². The number of imidazole rings is 1. The molecule has 0 aliphatic heterocycles. The molecule has 2 aromatic heterocycles. The number of aryl methyl sites for hydroxylation is 1. The van der Waals surface area contributed by atoms with Crippen LogP contribution in [-0.4, -0.2) is 29.8 Å². The fourth-order valence-electron chi connectivity index (χ4n) is 3.34. The predicted molar refractivity (Wildman–Crippen MR) is 120 cm³/mol. The van der Waals surface area contributed by atoms with Crippen molar-refractivity contribution in [3.8, 4) is 0 Å². The molecule has 0 atom stereocenters. The predicted octanol–water partition coefficient (Wildman–Crippen LogP) is 1.98. The Labute approximate surface area is 185 Å². The van der Waals surface area contributed by atoms with Gasteiger partial charge >= 0.3 is 5.69 Å². The van der Waals surface area contributed by atoms with Crippen LogP contribution < -0.4 is 16.7 Å². The van der Waals surface area contributed by atoms with Crippen LogP contribution in [0.4, 0.5) is 16.0 Å². The Balaban J connectivity index is 1.79. The first-order valence-electron chi connectivity index (χ1n) is 9.70. The second-order valence-electron chi connectivity index (χ2n) is 7.25.